The van der Waals surface area contributed by atoms with Crippen LogP contribution in [0, 0.1) is 5.82 Å². The van der Waals surface area contributed by atoms with Crippen molar-refractivity contribution in [2.45, 2.75) is 44.1 Å². The third kappa shape index (κ3) is 3.31. The second kappa shape index (κ2) is 7.51. The van der Waals surface area contributed by atoms with Gasteiger partial charge in [0.1, 0.15) is 0 Å². The summed E-state index contributed by atoms with van der Waals surface area (Å²) < 4.78 is 54.8. The van der Waals surface area contributed by atoms with E-state index in [4.69, 9.17) is 11.6 Å². The molecular formula is C20H15ClF4N6O. The van der Waals surface area contributed by atoms with Crippen LogP contribution in [0.3, 0.4) is 0 Å². The molecule has 7 nitrogen and oxygen atoms in total. The van der Waals surface area contributed by atoms with Crippen LogP contribution in [0.1, 0.15) is 47.1 Å². The fourth-order valence-electron chi connectivity index (χ4n) is 4.42. The van der Waals surface area contributed by atoms with Crippen molar-refractivity contribution in [3.8, 4) is 11.6 Å². The summed E-state index contributed by atoms with van der Waals surface area (Å²) in [4.78, 5) is 22.9. The van der Waals surface area contributed by atoms with Crippen LogP contribution in [0.25, 0.3) is 11.6 Å². The zero-order chi connectivity index (χ0) is 22.6. The molecule has 12 heteroatoms. The van der Waals surface area contributed by atoms with E-state index < -0.39 is 34.5 Å². The van der Waals surface area contributed by atoms with Crippen LogP contribution in [-0.4, -0.2) is 41.6 Å². The number of benzene rings is 1. The smallest absolute Gasteiger partial charge is 0.324 e. The molecule has 0 saturated carbocycles. The average molecular weight is 467 g/mol. The first-order valence-electron chi connectivity index (χ1n) is 9.85. The Hall–Kier alpha value is -3.08. The number of carbonyl (C=O) groups excluding carboxylic acids is 1. The number of piperidine rings is 1. The van der Waals surface area contributed by atoms with Gasteiger partial charge in [-0.1, -0.05) is 17.7 Å². The third-order valence-electron chi connectivity index (χ3n) is 5.80. The summed E-state index contributed by atoms with van der Waals surface area (Å²) >= 11 is 6.01. The number of halogens is 5. The zero-order valence-electron chi connectivity index (χ0n) is 16.4. The van der Waals surface area contributed by atoms with Gasteiger partial charge in [-0.05, 0) is 31.4 Å². The van der Waals surface area contributed by atoms with E-state index >= 15 is 0 Å². The van der Waals surface area contributed by atoms with E-state index in [9.17, 15) is 22.4 Å². The quantitative estimate of drug-likeness (QED) is 0.526. The monoisotopic (exact) mass is 466 g/mol. The Morgan fingerprint density at radius 2 is 1.88 bits per heavy atom. The van der Waals surface area contributed by atoms with Gasteiger partial charge in [-0.3, -0.25) is 4.79 Å². The standard InChI is InChI=1S/C20H15ClF4N6O/c21-15-12(4-2-5-13(15)20(23,24)25)19(32)31-11-3-1-6-14(31)17-28-29-18(30(17)9-11)16-26-7-10(22)8-27-16/h2,4-5,7-8,11,14H,1,3,6,9H2/t11-,14+/m0/s1. The number of hydrogen-bond acceptors (Lipinski definition) is 5. The van der Waals surface area contributed by atoms with E-state index in [1.165, 1.54) is 12.1 Å². The fraction of sp³-hybridized carbons (Fsp3) is 0.350. The van der Waals surface area contributed by atoms with Crippen LogP contribution in [0.2, 0.25) is 5.02 Å². The molecule has 2 aliphatic heterocycles. The first kappa shape index (κ1) is 20.8. The van der Waals surface area contributed by atoms with Crippen LogP contribution in [0.4, 0.5) is 17.6 Å². The lowest BCUT2D eigenvalue weighted by atomic mass is 9.90. The summed E-state index contributed by atoms with van der Waals surface area (Å²) in [5, 5.41) is 7.74. The topological polar surface area (TPSA) is 76.8 Å². The maximum absolute atomic E-state index is 13.4. The van der Waals surface area contributed by atoms with Crippen LogP contribution >= 0.6 is 11.6 Å². The van der Waals surface area contributed by atoms with Crippen molar-refractivity contribution in [3.05, 3.63) is 58.4 Å². The van der Waals surface area contributed by atoms with Crippen LogP contribution in [0.5, 0.6) is 0 Å². The van der Waals surface area contributed by atoms with Crippen molar-refractivity contribution in [3.63, 3.8) is 0 Å². The Bertz CT molecular complexity index is 1200. The van der Waals surface area contributed by atoms with Gasteiger partial charge in [-0.25, -0.2) is 14.4 Å². The number of fused-ring (bicyclic) bond motifs is 4. The second-order valence-corrected chi connectivity index (χ2v) is 8.07. The number of rotatable bonds is 2. The molecule has 32 heavy (non-hydrogen) atoms. The molecule has 0 radical (unpaired) electrons. The maximum atomic E-state index is 13.4. The Morgan fingerprint density at radius 1 is 1.12 bits per heavy atom. The highest BCUT2D eigenvalue weighted by atomic mass is 35.5. The van der Waals surface area contributed by atoms with Gasteiger partial charge in [0.15, 0.2) is 17.5 Å². The second-order valence-electron chi connectivity index (χ2n) is 7.70. The Morgan fingerprint density at radius 3 is 2.59 bits per heavy atom. The maximum Gasteiger partial charge on any atom is 0.417 e. The van der Waals surface area contributed by atoms with Crippen molar-refractivity contribution in [1.29, 1.82) is 0 Å². The molecule has 2 bridgehead atoms. The summed E-state index contributed by atoms with van der Waals surface area (Å²) in [5.74, 6) is -0.131. The lowest BCUT2D eigenvalue weighted by Gasteiger charge is -2.45. The van der Waals surface area contributed by atoms with Crippen molar-refractivity contribution in [1.82, 2.24) is 29.6 Å². The molecular weight excluding hydrogens is 452 g/mol. The van der Waals surface area contributed by atoms with E-state index in [1.807, 2.05) is 0 Å². The minimum Gasteiger partial charge on any atom is -0.324 e. The summed E-state index contributed by atoms with van der Waals surface area (Å²) in [6, 6.07) is 2.54. The predicted octanol–water partition coefficient (Wildman–Crippen LogP) is 4.30. The molecule has 2 aliphatic rings. The van der Waals surface area contributed by atoms with E-state index in [0.717, 1.165) is 24.9 Å². The van der Waals surface area contributed by atoms with Gasteiger partial charge < -0.3 is 9.47 Å². The predicted molar refractivity (Wildman–Crippen MR) is 104 cm³/mol. The molecule has 2 aromatic heterocycles. The third-order valence-corrected chi connectivity index (χ3v) is 6.21. The SMILES string of the molecule is O=C(c1cccc(C(F)(F)F)c1Cl)N1[C@H]2CCC[C@@H]1c1nnc(-c3ncc(F)cn3)n1C2. The number of alkyl halides is 3. The molecule has 1 fully saturated rings. The van der Waals surface area contributed by atoms with E-state index in [1.54, 1.807) is 9.47 Å². The van der Waals surface area contributed by atoms with Crippen LogP contribution in [-0.2, 0) is 12.7 Å². The van der Waals surface area contributed by atoms with Gasteiger partial charge >= 0.3 is 6.18 Å². The van der Waals surface area contributed by atoms with Crippen LogP contribution in [0.15, 0.2) is 30.6 Å². The molecule has 166 valence electrons. The highest BCUT2D eigenvalue weighted by Gasteiger charge is 2.44. The highest BCUT2D eigenvalue weighted by Crippen LogP contribution is 2.42. The Balaban J connectivity index is 1.54. The molecule has 5 rings (SSSR count). The summed E-state index contributed by atoms with van der Waals surface area (Å²) in [6.07, 6.45) is -0.570. The molecule has 1 amide bonds. The molecule has 0 aliphatic carbocycles. The number of amides is 1. The van der Waals surface area contributed by atoms with Crippen molar-refractivity contribution >= 4 is 17.5 Å². The van der Waals surface area contributed by atoms with Gasteiger partial charge in [-0.2, -0.15) is 13.2 Å². The van der Waals surface area contributed by atoms with Gasteiger partial charge in [0.2, 0.25) is 5.82 Å². The molecule has 1 saturated heterocycles. The summed E-state index contributed by atoms with van der Waals surface area (Å²) in [7, 11) is 0. The molecule has 4 heterocycles. The van der Waals surface area contributed by atoms with E-state index in [2.05, 4.69) is 20.2 Å². The van der Waals surface area contributed by atoms with Gasteiger partial charge in [0, 0.05) is 6.54 Å². The van der Waals surface area contributed by atoms with Crippen molar-refractivity contribution < 1.29 is 22.4 Å². The Labute approximate surface area is 184 Å². The molecule has 0 spiro atoms. The van der Waals surface area contributed by atoms with E-state index in [-0.39, 0.29) is 17.4 Å². The minimum absolute atomic E-state index is 0.198. The first-order chi connectivity index (χ1) is 15.3. The largest absolute Gasteiger partial charge is 0.417 e. The van der Waals surface area contributed by atoms with Gasteiger partial charge in [-0.15, -0.1) is 10.2 Å². The molecule has 1 aromatic carbocycles. The van der Waals surface area contributed by atoms with Gasteiger partial charge in [0.05, 0.1) is 40.6 Å². The van der Waals surface area contributed by atoms with Gasteiger partial charge in [0.25, 0.3) is 5.91 Å². The lowest BCUT2D eigenvalue weighted by Crippen LogP contribution is -2.52. The average Bonchev–Trinajstić information content (AvgIpc) is 3.16. The molecule has 2 atom stereocenters. The summed E-state index contributed by atoms with van der Waals surface area (Å²) in [5.41, 5.74) is -1.25. The lowest BCUT2D eigenvalue weighted by molar-refractivity contribution is -0.137. The highest BCUT2D eigenvalue weighted by molar-refractivity contribution is 6.34. The normalized spacial score (nSPS) is 20.2. The number of hydrogen-bond donors (Lipinski definition) is 0. The Kier molecular flexibility index (Phi) is 4.88. The first-order valence-corrected chi connectivity index (χ1v) is 10.2. The van der Waals surface area contributed by atoms with E-state index in [0.29, 0.717) is 31.0 Å². The van der Waals surface area contributed by atoms with Crippen molar-refractivity contribution in [2.75, 3.05) is 0 Å². The fourth-order valence-corrected chi connectivity index (χ4v) is 4.73. The number of carbonyl (C=O) groups is 1. The number of nitrogens with zero attached hydrogens (tertiary/aromatic N) is 6. The number of aromatic nitrogens is 5. The summed E-state index contributed by atoms with van der Waals surface area (Å²) in [6.45, 7) is 0.317. The minimum atomic E-state index is -4.67. The molecule has 0 N–H and O–H groups in total. The molecule has 0 unspecified atom stereocenters. The van der Waals surface area contributed by atoms with Crippen LogP contribution < -0.4 is 0 Å². The molecule has 3 aromatic rings. The van der Waals surface area contributed by atoms with Crippen molar-refractivity contribution in [2.24, 2.45) is 0 Å². The zero-order valence-corrected chi connectivity index (χ0v) is 17.1.